The molecule has 1 aromatic rings. The lowest BCUT2D eigenvalue weighted by Gasteiger charge is -2.13. The Kier molecular flexibility index (Phi) is 4.40. The lowest BCUT2D eigenvalue weighted by atomic mass is 10.1. The fourth-order valence-electron chi connectivity index (χ4n) is 2.42. The zero-order chi connectivity index (χ0) is 13.1. The van der Waals surface area contributed by atoms with Crippen LogP contribution in [0.1, 0.15) is 35.2 Å². The summed E-state index contributed by atoms with van der Waals surface area (Å²) in [5.41, 5.74) is 1.79. The number of carbonyl (C=O) groups is 1. The molecule has 0 radical (unpaired) electrons. The summed E-state index contributed by atoms with van der Waals surface area (Å²) in [6.45, 7) is 1.98. The summed E-state index contributed by atoms with van der Waals surface area (Å²) in [5.74, 6) is 0.00107. The van der Waals surface area contributed by atoms with E-state index in [1.807, 2.05) is 25.1 Å². The molecule has 3 nitrogen and oxygen atoms in total. The van der Waals surface area contributed by atoms with Gasteiger partial charge >= 0.3 is 0 Å². The molecule has 1 aliphatic carbocycles. The van der Waals surface area contributed by atoms with Gasteiger partial charge in [0.2, 0.25) is 0 Å². The molecule has 2 rings (SSSR count). The summed E-state index contributed by atoms with van der Waals surface area (Å²) in [4.78, 5) is 12.1. The Morgan fingerprint density at radius 3 is 2.78 bits per heavy atom. The largest absolute Gasteiger partial charge is 0.381 e. The Labute approximate surface area is 116 Å². The third-order valence-electron chi connectivity index (χ3n) is 3.36. The van der Waals surface area contributed by atoms with E-state index in [4.69, 9.17) is 4.74 Å². The molecule has 2 unspecified atom stereocenters. The third kappa shape index (κ3) is 3.33. The molecule has 18 heavy (non-hydrogen) atoms. The first-order chi connectivity index (χ1) is 8.58. The summed E-state index contributed by atoms with van der Waals surface area (Å²) >= 11 is 3.41. The van der Waals surface area contributed by atoms with Gasteiger partial charge in [-0.2, -0.15) is 0 Å². The van der Waals surface area contributed by atoms with Crippen molar-refractivity contribution < 1.29 is 9.53 Å². The Hall–Kier alpha value is -0.870. The fraction of sp³-hybridized carbons (Fsp3) is 0.500. The molecule has 4 heteroatoms. The van der Waals surface area contributed by atoms with Crippen LogP contribution in [-0.2, 0) is 4.74 Å². The second-order valence-electron chi connectivity index (χ2n) is 4.86. The van der Waals surface area contributed by atoms with Gasteiger partial charge in [-0.1, -0.05) is 15.9 Å². The van der Waals surface area contributed by atoms with E-state index in [2.05, 4.69) is 21.2 Å². The number of methoxy groups -OCH3 is 1. The molecule has 0 aromatic heterocycles. The van der Waals surface area contributed by atoms with E-state index in [0.29, 0.717) is 11.7 Å². The van der Waals surface area contributed by atoms with Gasteiger partial charge in [0.15, 0.2) is 0 Å². The molecule has 0 heterocycles. The van der Waals surface area contributed by atoms with Crippen LogP contribution in [-0.4, -0.2) is 25.2 Å². The van der Waals surface area contributed by atoms with E-state index in [9.17, 15) is 4.79 Å². The van der Waals surface area contributed by atoms with E-state index >= 15 is 0 Å². The van der Waals surface area contributed by atoms with Crippen LogP contribution in [0.5, 0.6) is 0 Å². The zero-order valence-corrected chi connectivity index (χ0v) is 12.3. The van der Waals surface area contributed by atoms with Crippen LogP contribution >= 0.6 is 15.9 Å². The van der Waals surface area contributed by atoms with Gasteiger partial charge in [-0.3, -0.25) is 4.79 Å². The number of benzene rings is 1. The van der Waals surface area contributed by atoms with Crippen molar-refractivity contribution in [3.63, 3.8) is 0 Å². The fourth-order valence-corrected chi connectivity index (χ4v) is 3.03. The Bertz CT molecular complexity index is 427. The van der Waals surface area contributed by atoms with Crippen molar-refractivity contribution in [1.29, 1.82) is 0 Å². The minimum Gasteiger partial charge on any atom is -0.381 e. The molecule has 1 saturated carbocycles. The topological polar surface area (TPSA) is 38.3 Å². The predicted octanol–water partition coefficient (Wildman–Crippen LogP) is 3.05. The SMILES string of the molecule is COC1CCC(NC(=O)c2cc(C)cc(Br)c2)C1. The zero-order valence-electron chi connectivity index (χ0n) is 10.7. The van der Waals surface area contributed by atoms with Crippen molar-refractivity contribution in [2.45, 2.75) is 38.3 Å². The maximum Gasteiger partial charge on any atom is 0.251 e. The van der Waals surface area contributed by atoms with Gasteiger partial charge in [-0.25, -0.2) is 0 Å². The molecular weight excluding hydrogens is 294 g/mol. The minimum atomic E-state index is 0.00107. The molecule has 0 bridgehead atoms. The Morgan fingerprint density at radius 2 is 2.17 bits per heavy atom. The van der Waals surface area contributed by atoms with Crippen molar-refractivity contribution >= 4 is 21.8 Å². The first-order valence-electron chi connectivity index (χ1n) is 6.19. The minimum absolute atomic E-state index is 0.00107. The molecule has 1 amide bonds. The van der Waals surface area contributed by atoms with E-state index in [0.717, 1.165) is 29.3 Å². The molecule has 2 atom stereocenters. The number of nitrogens with one attached hydrogen (secondary N) is 1. The maximum atomic E-state index is 12.1. The standard InChI is InChI=1S/C14H18BrNO2/c1-9-5-10(7-11(15)6-9)14(17)16-12-3-4-13(8-12)18-2/h5-7,12-13H,3-4,8H2,1-2H3,(H,16,17). The number of ether oxygens (including phenoxy) is 1. The van der Waals surface area contributed by atoms with Gasteiger partial charge in [0.25, 0.3) is 5.91 Å². The van der Waals surface area contributed by atoms with Crippen molar-refractivity contribution in [2.75, 3.05) is 7.11 Å². The first kappa shape index (κ1) is 13.6. The van der Waals surface area contributed by atoms with Gasteiger partial charge < -0.3 is 10.1 Å². The number of halogens is 1. The van der Waals surface area contributed by atoms with Gasteiger partial charge in [0.05, 0.1) is 6.10 Å². The van der Waals surface area contributed by atoms with Gasteiger partial charge in [0, 0.05) is 23.2 Å². The number of hydrogen-bond acceptors (Lipinski definition) is 2. The van der Waals surface area contributed by atoms with Gasteiger partial charge in [0.1, 0.15) is 0 Å². The van der Waals surface area contributed by atoms with Crippen molar-refractivity contribution in [2.24, 2.45) is 0 Å². The highest BCUT2D eigenvalue weighted by Crippen LogP contribution is 2.22. The highest BCUT2D eigenvalue weighted by atomic mass is 79.9. The Morgan fingerprint density at radius 1 is 1.39 bits per heavy atom. The maximum absolute atomic E-state index is 12.1. The third-order valence-corrected chi connectivity index (χ3v) is 3.82. The lowest BCUT2D eigenvalue weighted by Crippen LogP contribution is -2.33. The number of rotatable bonds is 3. The van der Waals surface area contributed by atoms with Crippen LogP contribution in [0.2, 0.25) is 0 Å². The molecule has 1 aromatic carbocycles. The highest BCUT2D eigenvalue weighted by Gasteiger charge is 2.25. The second-order valence-corrected chi connectivity index (χ2v) is 5.77. The van der Waals surface area contributed by atoms with Crippen molar-refractivity contribution in [3.05, 3.63) is 33.8 Å². The molecule has 0 spiro atoms. The molecule has 0 saturated heterocycles. The molecule has 1 N–H and O–H groups in total. The van der Waals surface area contributed by atoms with Crippen LogP contribution in [0.3, 0.4) is 0 Å². The Balaban J connectivity index is 1.99. The first-order valence-corrected chi connectivity index (χ1v) is 6.98. The monoisotopic (exact) mass is 311 g/mol. The van der Waals surface area contributed by atoms with Gasteiger partial charge in [-0.15, -0.1) is 0 Å². The summed E-state index contributed by atoms with van der Waals surface area (Å²) < 4.78 is 6.25. The highest BCUT2D eigenvalue weighted by molar-refractivity contribution is 9.10. The van der Waals surface area contributed by atoms with Crippen LogP contribution in [0.25, 0.3) is 0 Å². The van der Waals surface area contributed by atoms with Crippen LogP contribution in [0.15, 0.2) is 22.7 Å². The average Bonchev–Trinajstić information content (AvgIpc) is 2.75. The van der Waals surface area contributed by atoms with E-state index in [1.165, 1.54) is 0 Å². The van der Waals surface area contributed by atoms with E-state index < -0.39 is 0 Å². The molecule has 1 fully saturated rings. The van der Waals surface area contributed by atoms with E-state index in [1.54, 1.807) is 7.11 Å². The summed E-state index contributed by atoms with van der Waals surface area (Å²) in [6.07, 6.45) is 3.23. The average molecular weight is 312 g/mol. The quantitative estimate of drug-likeness (QED) is 0.931. The molecule has 0 aliphatic heterocycles. The number of carbonyl (C=O) groups excluding carboxylic acids is 1. The van der Waals surface area contributed by atoms with Crippen molar-refractivity contribution in [1.82, 2.24) is 5.32 Å². The van der Waals surface area contributed by atoms with Crippen molar-refractivity contribution in [3.8, 4) is 0 Å². The number of hydrogen-bond donors (Lipinski definition) is 1. The summed E-state index contributed by atoms with van der Waals surface area (Å²) in [6, 6.07) is 5.99. The summed E-state index contributed by atoms with van der Waals surface area (Å²) in [7, 11) is 1.73. The lowest BCUT2D eigenvalue weighted by molar-refractivity contribution is 0.0915. The second kappa shape index (κ2) is 5.85. The van der Waals surface area contributed by atoms with Gasteiger partial charge in [-0.05, 0) is 49.9 Å². The molecule has 1 aliphatic rings. The predicted molar refractivity (Wildman–Crippen MR) is 74.8 cm³/mol. The van der Waals surface area contributed by atoms with Crippen LogP contribution in [0, 0.1) is 6.92 Å². The summed E-state index contributed by atoms with van der Waals surface area (Å²) in [5, 5.41) is 3.07. The number of amides is 1. The molecular formula is C14H18BrNO2. The van der Waals surface area contributed by atoms with E-state index in [-0.39, 0.29) is 11.9 Å². The smallest absolute Gasteiger partial charge is 0.251 e. The molecule has 98 valence electrons. The van der Waals surface area contributed by atoms with Crippen LogP contribution in [0.4, 0.5) is 0 Å². The number of aryl methyl sites for hydroxylation is 1. The normalized spacial score (nSPS) is 23.1. The van der Waals surface area contributed by atoms with Crippen LogP contribution < -0.4 is 5.32 Å².